The molecule has 1 atom stereocenters. The van der Waals surface area contributed by atoms with Gasteiger partial charge in [0.25, 0.3) is 5.56 Å². The Morgan fingerprint density at radius 3 is 2.43 bits per heavy atom. The summed E-state index contributed by atoms with van der Waals surface area (Å²) >= 11 is 7.82. The second-order valence-electron chi connectivity index (χ2n) is 11.0. The molecule has 0 N–H and O–H groups in total. The monoisotopic (exact) mass is 738 g/mol. The van der Waals surface area contributed by atoms with Crippen molar-refractivity contribution in [3.05, 3.63) is 113 Å². The van der Waals surface area contributed by atoms with Crippen molar-refractivity contribution < 1.29 is 42.4 Å². The number of thiazole rings is 1. The highest BCUT2D eigenvalue weighted by atomic mass is 35.5. The van der Waals surface area contributed by atoms with Crippen LogP contribution in [0, 0.1) is 5.82 Å². The van der Waals surface area contributed by atoms with E-state index in [-0.39, 0.29) is 54.3 Å². The van der Waals surface area contributed by atoms with Crippen LogP contribution >= 0.6 is 22.9 Å². The number of carbonyl (C=O) groups is 2. The van der Waals surface area contributed by atoms with E-state index >= 15 is 0 Å². The Kier molecular flexibility index (Phi) is 12.2. The van der Waals surface area contributed by atoms with E-state index in [0.29, 0.717) is 49.8 Å². The zero-order valence-corrected chi connectivity index (χ0v) is 30.2. The first-order chi connectivity index (χ1) is 24.6. The summed E-state index contributed by atoms with van der Waals surface area (Å²) in [7, 11) is 1.26. The summed E-state index contributed by atoms with van der Waals surface area (Å²) in [4.78, 5) is 44.4. The summed E-state index contributed by atoms with van der Waals surface area (Å²) in [6, 6.07) is 13.4. The van der Waals surface area contributed by atoms with E-state index in [9.17, 15) is 18.8 Å². The quantitative estimate of drug-likeness (QED) is 0.154. The summed E-state index contributed by atoms with van der Waals surface area (Å²) in [5, 5.41) is 0.229. The number of nitrogens with zero attached hydrogens (tertiary/aromatic N) is 2. The van der Waals surface area contributed by atoms with Gasteiger partial charge in [0.1, 0.15) is 12.4 Å². The predicted octanol–water partition coefficient (Wildman–Crippen LogP) is 5.52. The van der Waals surface area contributed by atoms with Crippen molar-refractivity contribution in [2.75, 3.05) is 33.5 Å². The average Bonchev–Trinajstić information content (AvgIpc) is 3.40. The first-order valence-corrected chi connectivity index (χ1v) is 17.3. The van der Waals surface area contributed by atoms with Gasteiger partial charge in [-0.05, 0) is 86.9 Å². The molecule has 0 unspecified atom stereocenters. The fourth-order valence-electron chi connectivity index (χ4n) is 5.39. The Morgan fingerprint density at radius 1 is 0.961 bits per heavy atom. The highest BCUT2D eigenvalue weighted by molar-refractivity contribution is 7.07. The van der Waals surface area contributed by atoms with Crippen molar-refractivity contribution in [1.82, 2.24) is 4.57 Å². The van der Waals surface area contributed by atoms with Crippen LogP contribution in [0.4, 0.5) is 4.39 Å². The van der Waals surface area contributed by atoms with Crippen molar-refractivity contribution in [1.29, 1.82) is 0 Å². The van der Waals surface area contributed by atoms with Gasteiger partial charge in [0.15, 0.2) is 34.4 Å². The molecule has 0 spiro atoms. The number of carbonyl (C=O) groups excluding carboxylic acids is 2. The smallest absolute Gasteiger partial charge is 0.343 e. The number of ether oxygens (including phenoxy) is 6. The molecule has 268 valence electrons. The molecule has 11 nitrogen and oxygen atoms in total. The van der Waals surface area contributed by atoms with Gasteiger partial charge in [0.05, 0.1) is 53.8 Å². The highest BCUT2D eigenvalue weighted by Gasteiger charge is 2.34. The molecule has 2 heterocycles. The fourth-order valence-corrected chi connectivity index (χ4v) is 6.71. The summed E-state index contributed by atoms with van der Waals surface area (Å²) in [5.74, 6) is -0.371. The molecule has 51 heavy (non-hydrogen) atoms. The van der Waals surface area contributed by atoms with E-state index in [1.54, 1.807) is 69.3 Å². The molecule has 14 heteroatoms. The molecule has 0 fully saturated rings. The number of halogens is 2. The van der Waals surface area contributed by atoms with Crippen molar-refractivity contribution in [2.45, 2.75) is 40.3 Å². The first-order valence-electron chi connectivity index (χ1n) is 16.1. The molecule has 0 saturated heterocycles. The molecule has 5 rings (SSSR count). The van der Waals surface area contributed by atoms with Crippen molar-refractivity contribution in [2.24, 2.45) is 4.99 Å². The van der Waals surface area contributed by atoms with Crippen LogP contribution in [0.3, 0.4) is 0 Å². The summed E-state index contributed by atoms with van der Waals surface area (Å²) in [6.45, 7) is 7.40. The van der Waals surface area contributed by atoms with Crippen LogP contribution in [0.15, 0.2) is 75.7 Å². The maximum atomic E-state index is 14.3. The first kappa shape index (κ1) is 37.1. The minimum atomic E-state index is -0.933. The Labute approximate surface area is 302 Å². The number of hydrogen-bond donors (Lipinski definition) is 0. The Balaban J connectivity index is 1.60. The number of benzene rings is 3. The predicted molar refractivity (Wildman–Crippen MR) is 189 cm³/mol. The lowest BCUT2D eigenvalue weighted by Gasteiger charge is -2.25. The molecular formula is C37H36ClFN2O9S. The van der Waals surface area contributed by atoms with Crippen LogP contribution in [-0.4, -0.2) is 50.0 Å². The molecule has 1 aromatic heterocycles. The second-order valence-corrected chi connectivity index (χ2v) is 12.4. The van der Waals surface area contributed by atoms with Crippen LogP contribution in [0.25, 0.3) is 6.08 Å². The Hall–Kier alpha value is -5.14. The second kappa shape index (κ2) is 16.7. The van der Waals surface area contributed by atoms with Gasteiger partial charge in [0.2, 0.25) is 0 Å². The van der Waals surface area contributed by atoms with Gasteiger partial charge in [-0.2, -0.15) is 0 Å². The minimum Gasteiger partial charge on any atom is -0.490 e. The van der Waals surface area contributed by atoms with Gasteiger partial charge in [-0.25, -0.2) is 19.0 Å². The maximum Gasteiger partial charge on any atom is 0.343 e. The zero-order valence-electron chi connectivity index (χ0n) is 28.6. The van der Waals surface area contributed by atoms with E-state index in [4.69, 9.17) is 35.3 Å². The van der Waals surface area contributed by atoms with Gasteiger partial charge < -0.3 is 28.4 Å². The molecule has 0 aliphatic carbocycles. The van der Waals surface area contributed by atoms with Crippen LogP contribution in [0.5, 0.6) is 23.0 Å². The third kappa shape index (κ3) is 8.43. The fraction of sp³-hybridized carbons (Fsp3) is 0.297. The van der Waals surface area contributed by atoms with Crippen LogP contribution in [0.1, 0.15) is 50.4 Å². The van der Waals surface area contributed by atoms with Crippen LogP contribution < -0.4 is 33.8 Å². The number of fused-ring (bicyclic) bond motifs is 1. The summed E-state index contributed by atoms with van der Waals surface area (Å²) in [6.07, 6.45) is 1.66. The zero-order chi connectivity index (χ0) is 36.7. The summed E-state index contributed by atoms with van der Waals surface area (Å²) < 4.78 is 48.8. The van der Waals surface area contributed by atoms with E-state index in [0.717, 1.165) is 11.3 Å². The minimum absolute atomic E-state index is 0.0566. The van der Waals surface area contributed by atoms with Crippen molar-refractivity contribution >= 4 is 41.0 Å². The number of allylic oxidation sites excluding steroid dienone is 1. The molecule has 1 aliphatic heterocycles. The van der Waals surface area contributed by atoms with Crippen molar-refractivity contribution in [3.8, 4) is 23.0 Å². The lowest BCUT2D eigenvalue weighted by atomic mass is 9.95. The molecule has 0 amide bonds. The topological polar surface area (TPSA) is 124 Å². The number of rotatable bonds is 14. The SMILES string of the molecule is CCOC(=O)C1=C(C)N=c2s/c(=C\c3cc(Cl)c(OCc4cccc(F)c4)c(OCC)c3)c(=O)n2[C@H]1c1ccc(OCC(=O)OC)c(OCC)c1. The standard InChI is InChI=1S/C37H36ClFN2O9S/c1-6-46-28-18-24(12-13-27(28)49-20-31(42)45-5)33-32(36(44)48-8-3)21(4)40-37-41(33)35(43)30(51-37)17-23-15-26(38)34(29(16-23)47-7-2)50-19-22-10-9-11-25(39)14-22/h9-18,33H,6-8,19-20H2,1-5H3/b30-17-/t33-/m0/s1. The van der Waals surface area contributed by atoms with Gasteiger partial charge in [-0.15, -0.1) is 0 Å². The third-order valence-electron chi connectivity index (χ3n) is 7.58. The van der Waals surface area contributed by atoms with Crippen molar-refractivity contribution in [3.63, 3.8) is 0 Å². The Morgan fingerprint density at radius 2 is 1.73 bits per heavy atom. The number of esters is 2. The lowest BCUT2D eigenvalue weighted by molar-refractivity contribution is -0.143. The van der Waals surface area contributed by atoms with Gasteiger partial charge in [-0.1, -0.05) is 41.1 Å². The number of hydrogen-bond acceptors (Lipinski definition) is 11. The molecule has 0 saturated carbocycles. The molecular weight excluding hydrogens is 703 g/mol. The molecule has 0 bridgehead atoms. The average molecular weight is 739 g/mol. The molecule has 0 radical (unpaired) electrons. The van der Waals surface area contributed by atoms with Gasteiger partial charge >= 0.3 is 11.9 Å². The van der Waals surface area contributed by atoms with E-state index in [1.807, 2.05) is 6.92 Å². The normalized spacial score (nSPS) is 14.0. The molecule has 3 aromatic carbocycles. The largest absolute Gasteiger partial charge is 0.490 e. The highest BCUT2D eigenvalue weighted by Crippen LogP contribution is 2.38. The van der Waals surface area contributed by atoms with E-state index in [1.165, 1.54) is 23.8 Å². The van der Waals surface area contributed by atoms with E-state index < -0.39 is 23.5 Å². The number of aromatic nitrogens is 1. The van der Waals surface area contributed by atoms with Gasteiger partial charge in [-0.3, -0.25) is 9.36 Å². The summed E-state index contributed by atoms with van der Waals surface area (Å²) in [5.41, 5.74) is 1.84. The van der Waals surface area contributed by atoms with E-state index in [2.05, 4.69) is 9.73 Å². The van der Waals surface area contributed by atoms with Crippen LogP contribution in [0.2, 0.25) is 5.02 Å². The lowest BCUT2D eigenvalue weighted by Crippen LogP contribution is -2.40. The van der Waals surface area contributed by atoms with Crippen LogP contribution in [-0.2, 0) is 25.7 Å². The molecule has 1 aliphatic rings. The Bertz CT molecular complexity index is 2160. The van der Waals surface area contributed by atoms with Gasteiger partial charge in [0, 0.05) is 0 Å². The molecule has 4 aromatic rings. The number of methoxy groups -OCH3 is 1. The third-order valence-corrected chi connectivity index (χ3v) is 8.84. The maximum absolute atomic E-state index is 14.3.